The van der Waals surface area contributed by atoms with Crippen molar-refractivity contribution in [3.8, 4) is 5.75 Å². The molecule has 1 aliphatic carbocycles. The second-order valence-electron chi connectivity index (χ2n) is 4.50. The monoisotopic (exact) mass is 397 g/mol. The highest BCUT2D eigenvalue weighted by Crippen LogP contribution is 2.35. The average Bonchev–Trinajstić information content (AvgIpc) is 3.16. The summed E-state index contributed by atoms with van der Waals surface area (Å²) in [6.07, 6.45) is -1.85. The maximum absolute atomic E-state index is 12.3. The SMILES string of the molecule is COc1ccccc1CN=C(N)N[C@H]1C[C@@H]1C(F)F.I. The topological polar surface area (TPSA) is 59.6 Å². The van der Waals surface area contributed by atoms with E-state index in [-0.39, 0.29) is 36.0 Å². The van der Waals surface area contributed by atoms with Gasteiger partial charge >= 0.3 is 0 Å². The highest BCUT2D eigenvalue weighted by atomic mass is 127. The van der Waals surface area contributed by atoms with Gasteiger partial charge in [-0.15, -0.1) is 24.0 Å². The van der Waals surface area contributed by atoms with Gasteiger partial charge in [0.2, 0.25) is 6.43 Å². The maximum atomic E-state index is 12.3. The van der Waals surface area contributed by atoms with E-state index in [0.717, 1.165) is 11.3 Å². The van der Waals surface area contributed by atoms with Gasteiger partial charge < -0.3 is 15.8 Å². The third-order valence-electron chi connectivity index (χ3n) is 3.11. The molecule has 0 radical (unpaired) electrons. The zero-order chi connectivity index (χ0) is 13.8. The molecule has 0 heterocycles. The van der Waals surface area contributed by atoms with E-state index in [1.54, 1.807) is 7.11 Å². The van der Waals surface area contributed by atoms with E-state index in [9.17, 15) is 8.78 Å². The summed E-state index contributed by atoms with van der Waals surface area (Å²) in [7, 11) is 1.58. The fourth-order valence-electron chi connectivity index (χ4n) is 1.90. The Morgan fingerprint density at radius 3 is 2.80 bits per heavy atom. The molecule has 20 heavy (non-hydrogen) atoms. The van der Waals surface area contributed by atoms with Gasteiger partial charge in [-0.05, 0) is 12.5 Å². The summed E-state index contributed by atoms with van der Waals surface area (Å²) < 4.78 is 29.9. The van der Waals surface area contributed by atoms with Crippen LogP contribution in [0.3, 0.4) is 0 Å². The number of hydrogen-bond donors (Lipinski definition) is 2. The zero-order valence-corrected chi connectivity index (χ0v) is 13.4. The summed E-state index contributed by atoms with van der Waals surface area (Å²) in [4.78, 5) is 4.14. The first kappa shape index (κ1) is 16.9. The first-order chi connectivity index (χ1) is 9.11. The number of nitrogens with one attached hydrogen (secondary N) is 1. The lowest BCUT2D eigenvalue weighted by molar-refractivity contribution is 0.119. The van der Waals surface area contributed by atoms with E-state index in [2.05, 4.69) is 10.3 Å². The molecule has 3 N–H and O–H groups in total. The van der Waals surface area contributed by atoms with Crippen LogP contribution in [-0.2, 0) is 6.54 Å². The number of nitrogens with two attached hydrogens (primary N) is 1. The molecule has 1 fully saturated rings. The number of nitrogens with zero attached hydrogens (tertiary/aromatic N) is 1. The van der Waals surface area contributed by atoms with E-state index in [1.807, 2.05) is 24.3 Å². The Labute approximate surface area is 133 Å². The smallest absolute Gasteiger partial charge is 0.243 e. The van der Waals surface area contributed by atoms with Gasteiger partial charge in [-0.2, -0.15) is 0 Å². The molecule has 2 atom stereocenters. The van der Waals surface area contributed by atoms with Crippen molar-refractivity contribution in [2.75, 3.05) is 7.11 Å². The summed E-state index contributed by atoms with van der Waals surface area (Å²) in [5, 5.41) is 2.80. The van der Waals surface area contributed by atoms with Crippen molar-refractivity contribution < 1.29 is 13.5 Å². The van der Waals surface area contributed by atoms with Crippen LogP contribution >= 0.6 is 24.0 Å². The number of para-hydroxylation sites is 1. The molecule has 1 aromatic carbocycles. The molecule has 1 aromatic rings. The molecule has 4 nitrogen and oxygen atoms in total. The Morgan fingerprint density at radius 1 is 1.50 bits per heavy atom. The van der Waals surface area contributed by atoms with E-state index in [0.29, 0.717) is 13.0 Å². The van der Waals surface area contributed by atoms with Gasteiger partial charge in [0.25, 0.3) is 0 Å². The maximum Gasteiger partial charge on any atom is 0.243 e. The Morgan fingerprint density at radius 2 is 2.20 bits per heavy atom. The summed E-state index contributed by atoms with van der Waals surface area (Å²) in [5.74, 6) is 0.329. The van der Waals surface area contributed by atoms with Crippen LogP contribution in [0.25, 0.3) is 0 Å². The van der Waals surface area contributed by atoms with Crippen LogP contribution in [-0.4, -0.2) is 25.5 Å². The van der Waals surface area contributed by atoms with Crippen LogP contribution in [0.2, 0.25) is 0 Å². The second kappa shape index (κ2) is 7.61. The number of alkyl halides is 2. The normalized spacial score (nSPS) is 21.3. The van der Waals surface area contributed by atoms with Gasteiger partial charge in [0, 0.05) is 17.5 Å². The summed E-state index contributed by atoms with van der Waals surface area (Å²) in [5.41, 5.74) is 6.57. The zero-order valence-electron chi connectivity index (χ0n) is 11.1. The highest BCUT2D eigenvalue weighted by Gasteiger charge is 2.44. The molecular formula is C13H18F2IN3O. The van der Waals surface area contributed by atoms with Crippen molar-refractivity contribution in [1.29, 1.82) is 0 Å². The lowest BCUT2D eigenvalue weighted by Gasteiger charge is -2.07. The number of aliphatic imine (C=N–C) groups is 1. The molecule has 0 aromatic heterocycles. The number of methoxy groups -OCH3 is 1. The number of guanidine groups is 1. The molecule has 112 valence electrons. The first-order valence-electron chi connectivity index (χ1n) is 6.08. The van der Waals surface area contributed by atoms with Crippen LogP contribution in [0.4, 0.5) is 8.78 Å². The van der Waals surface area contributed by atoms with E-state index in [4.69, 9.17) is 10.5 Å². The largest absolute Gasteiger partial charge is 0.496 e. The summed E-state index contributed by atoms with van der Waals surface area (Å²) in [6, 6.07) is 7.22. The van der Waals surface area contributed by atoms with E-state index < -0.39 is 12.3 Å². The van der Waals surface area contributed by atoms with Gasteiger partial charge in [0.1, 0.15) is 5.75 Å². The van der Waals surface area contributed by atoms with Crippen molar-refractivity contribution in [2.24, 2.45) is 16.6 Å². The molecule has 2 rings (SSSR count). The third kappa shape index (κ3) is 4.46. The summed E-state index contributed by atoms with van der Waals surface area (Å²) >= 11 is 0. The Bertz CT molecular complexity index is 471. The fraction of sp³-hybridized carbons (Fsp3) is 0.462. The Kier molecular flexibility index (Phi) is 6.44. The van der Waals surface area contributed by atoms with Gasteiger partial charge in [0.05, 0.1) is 13.7 Å². The lowest BCUT2D eigenvalue weighted by Crippen LogP contribution is -2.34. The Hall–Kier alpha value is -1.12. The molecular weight excluding hydrogens is 379 g/mol. The summed E-state index contributed by atoms with van der Waals surface area (Å²) in [6.45, 7) is 0.356. The number of hydrogen-bond acceptors (Lipinski definition) is 2. The number of halogens is 3. The van der Waals surface area contributed by atoms with E-state index in [1.165, 1.54) is 0 Å². The molecule has 0 aliphatic heterocycles. The third-order valence-corrected chi connectivity index (χ3v) is 3.11. The molecule has 7 heteroatoms. The average molecular weight is 397 g/mol. The minimum atomic E-state index is -2.29. The van der Waals surface area contributed by atoms with Crippen LogP contribution in [0, 0.1) is 5.92 Å². The quantitative estimate of drug-likeness (QED) is 0.456. The standard InChI is InChI=1S/C13H17F2N3O.HI/c1-19-11-5-3-2-4-8(11)7-17-13(16)18-10-6-9(10)12(14)15;/h2-5,9-10,12H,6-7H2,1H3,(H3,16,17,18);1H/t9-,10-;/m0./s1. The lowest BCUT2D eigenvalue weighted by atomic mass is 10.2. The van der Waals surface area contributed by atoms with Gasteiger partial charge in [-0.25, -0.2) is 13.8 Å². The molecule has 0 amide bonds. The number of ether oxygens (including phenoxy) is 1. The first-order valence-corrected chi connectivity index (χ1v) is 6.08. The molecule has 0 spiro atoms. The predicted octanol–water partition coefficient (Wildman–Crippen LogP) is 2.37. The second-order valence-corrected chi connectivity index (χ2v) is 4.50. The Balaban J connectivity index is 0.00000200. The van der Waals surface area contributed by atoms with Crippen LogP contribution < -0.4 is 15.8 Å². The molecule has 0 bridgehead atoms. The van der Waals surface area contributed by atoms with Gasteiger partial charge in [-0.3, -0.25) is 0 Å². The van der Waals surface area contributed by atoms with Crippen molar-refractivity contribution in [3.63, 3.8) is 0 Å². The van der Waals surface area contributed by atoms with Crippen molar-refractivity contribution >= 4 is 29.9 Å². The van der Waals surface area contributed by atoms with E-state index >= 15 is 0 Å². The fourth-order valence-corrected chi connectivity index (χ4v) is 1.90. The minimum Gasteiger partial charge on any atom is -0.496 e. The number of benzene rings is 1. The van der Waals surface area contributed by atoms with Crippen molar-refractivity contribution in [1.82, 2.24) is 5.32 Å². The molecule has 1 aliphatic rings. The van der Waals surface area contributed by atoms with Crippen LogP contribution in [0.1, 0.15) is 12.0 Å². The molecule has 0 saturated heterocycles. The van der Waals surface area contributed by atoms with Crippen LogP contribution in [0.15, 0.2) is 29.3 Å². The van der Waals surface area contributed by atoms with Gasteiger partial charge in [-0.1, -0.05) is 18.2 Å². The highest BCUT2D eigenvalue weighted by molar-refractivity contribution is 14.0. The van der Waals surface area contributed by atoms with Crippen molar-refractivity contribution in [2.45, 2.75) is 25.4 Å². The number of rotatable bonds is 5. The molecule has 1 saturated carbocycles. The predicted molar refractivity (Wildman–Crippen MR) is 84.8 cm³/mol. The van der Waals surface area contributed by atoms with Crippen LogP contribution in [0.5, 0.6) is 5.75 Å². The molecule has 0 unspecified atom stereocenters. The van der Waals surface area contributed by atoms with Gasteiger partial charge in [0.15, 0.2) is 5.96 Å². The minimum absolute atomic E-state index is 0. The van der Waals surface area contributed by atoms with Crippen molar-refractivity contribution in [3.05, 3.63) is 29.8 Å².